The highest BCUT2D eigenvalue weighted by atomic mass is 35.5. The summed E-state index contributed by atoms with van der Waals surface area (Å²) in [5.41, 5.74) is 7.76. The van der Waals surface area contributed by atoms with Crippen molar-refractivity contribution in [2.45, 2.75) is 20.3 Å². The van der Waals surface area contributed by atoms with Crippen LogP contribution in [0.25, 0.3) is 0 Å². The molecule has 0 fully saturated rings. The molecule has 0 unspecified atom stereocenters. The van der Waals surface area contributed by atoms with E-state index in [1.165, 1.54) is 0 Å². The van der Waals surface area contributed by atoms with Crippen molar-refractivity contribution in [3.05, 3.63) is 64.7 Å². The van der Waals surface area contributed by atoms with Gasteiger partial charge in [0.1, 0.15) is 0 Å². The predicted octanol–water partition coefficient (Wildman–Crippen LogP) is 3.58. The molecular weight excluding hydrogens is 362 g/mol. The molecule has 0 aliphatic heterocycles. The second kappa shape index (κ2) is 10.1. The van der Waals surface area contributed by atoms with Crippen molar-refractivity contribution in [1.29, 1.82) is 0 Å². The Labute approximate surface area is 165 Å². The van der Waals surface area contributed by atoms with Crippen LogP contribution in [0.15, 0.2) is 48.5 Å². The second-order valence-electron chi connectivity index (χ2n) is 6.66. The van der Waals surface area contributed by atoms with Crippen LogP contribution < -0.4 is 11.1 Å². The van der Waals surface area contributed by atoms with Crippen molar-refractivity contribution in [2.24, 2.45) is 11.7 Å². The third kappa shape index (κ3) is 6.08. The number of nitrogens with one attached hydrogen (secondary N) is 1. The molecule has 0 radical (unpaired) electrons. The van der Waals surface area contributed by atoms with Crippen LogP contribution in [0.2, 0.25) is 5.02 Å². The Morgan fingerprint density at radius 1 is 1.11 bits per heavy atom. The Hall–Kier alpha value is -2.37. The molecule has 0 heterocycles. The fraction of sp³-hybridized carbons (Fsp3) is 0.333. The first-order valence-corrected chi connectivity index (χ1v) is 9.44. The van der Waals surface area contributed by atoms with Crippen molar-refractivity contribution in [3.63, 3.8) is 0 Å². The van der Waals surface area contributed by atoms with E-state index in [4.69, 9.17) is 17.3 Å². The number of hydrogen-bond donors (Lipinski definition) is 2. The lowest BCUT2D eigenvalue weighted by molar-refractivity contribution is -0.118. The van der Waals surface area contributed by atoms with E-state index in [9.17, 15) is 9.59 Å². The maximum absolute atomic E-state index is 13.0. The number of amides is 2. The molecule has 3 N–H and O–H groups in total. The minimum Gasteiger partial charge on any atom is -0.337 e. The molecule has 0 bridgehead atoms. The van der Waals surface area contributed by atoms with Gasteiger partial charge in [0.15, 0.2) is 0 Å². The fourth-order valence-corrected chi connectivity index (χ4v) is 2.80. The van der Waals surface area contributed by atoms with E-state index in [0.29, 0.717) is 35.9 Å². The van der Waals surface area contributed by atoms with Gasteiger partial charge in [0, 0.05) is 31.2 Å². The smallest absolute Gasteiger partial charge is 0.255 e. The zero-order chi connectivity index (χ0) is 19.8. The summed E-state index contributed by atoms with van der Waals surface area (Å²) in [7, 11) is 0. The summed E-state index contributed by atoms with van der Waals surface area (Å²) >= 11 is 6.26. The molecule has 6 heteroatoms. The van der Waals surface area contributed by atoms with E-state index in [-0.39, 0.29) is 17.7 Å². The lowest BCUT2D eigenvalue weighted by Gasteiger charge is -2.23. The first-order chi connectivity index (χ1) is 12.9. The normalized spacial score (nSPS) is 10.7. The highest BCUT2D eigenvalue weighted by molar-refractivity contribution is 6.34. The third-order valence-electron chi connectivity index (χ3n) is 4.19. The summed E-state index contributed by atoms with van der Waals surface area (Å²) in [5, 5.41) is 3.15. The van der Waals surface area contributed by atoms with Gasteiger partial charge in [-0.2, -0.15) is 0 Å². The topological polar surface area (TPSA) is 75.4 Å². The van der Waals surface area contributed by atoms with Crippen LogP contribution in [-0.2, 0) is 11.2 Å². The van der Waals surface area contributed by atoms with Crippen molar-refractivity contribution in [1.82, 2.24) is 4.90 Å². The zero-order valence-corrected chi connectivity index (χ0v) is 16.5. The Kier molecular flexibility index (Phi) is 7.82. The summed E-state index contributed by atoms with van der Waals surface area (Å²) in [6.45, 7) is 4.96. The SMILES string of the molecule is CC(C)C(=O)Nc1ccc(Cl)c(C(=O)N(CCN)CCc2ccccc2)c1. The number of halogens is 1. The molecule has 0 atom stereocenters. The van der Waals surface area contributed by atoms with Gasteiger partial charge in [-0.1, -0.05) is 55.8 Å². The summed E-state index contributed by atoms with van der Waals surface area (Å²) in [6.07, 6.45) is 0.730. The molecule has 144 valence electrons. The van der Waals surface area contributed by atoms with Crippen molar-refractivity contribution in [3.8, 4) is 0 Å². The third-order valence-corrected chi connectivity index (χ3v) is 4.52. The highest BCUT2D eigenvalue weighted by Crippen LogP contribution is 2.23. The molecule has 2 rings (SSSR count). The maximum Gasteiger partial charge on any atom is 0.255 e. The van der Waals surface area contributed by atoms with E-state index >= 15 is 0 Å². The van der Waals surface area contributed by atoms with E-state index in [1.54, 1.807) is 23.1 Å². The van der Waals surface area contributed by atoms with Gasteiger partial charge >= 0.3 is 0 Å². The second-order valence-corrected chi connectivity index (χ2v) is 7.06. The van der Waals surface area contributed by atoms with Gasteiger partial charge in [-0.15, -0.1) is 0 Å². The molecule has 2 aromatic rings. The fourth-order valence-electron chi connectivity index (χ4n) is 2.60. The number of carbonyl (C=O) groups is 2. The van der Waals surface area contributed by atoms with Gasteiger partial charge in [0.25, 0.3) is 5.91 Å². The van der Waals surface area contributed by atoms with E-state index < -0.39 is 0 Å². The van der Waals surface area contributed by atoms with Crippen molar-refractivity contribution in [2.75, 3.05) is 25.0 Å². The van der Waals surface area contributed by atoms with E-state index in [2.05, 4.69) is 5.32 Å². The van der Waals surface area contributed by atoms with Crippen molar-refractivity contribution < 1.29 is 9.59 Å². The average Bonchev–Trinajstić information content (AvgIpc) is 2.66. The van der Waals surface area contributed by atoms with Gasteiger partial charge in [-0.05, 0) is 30.2 Å². The van der Waals surface area contributed by atoms with Gasteiger partial charge in [0.05, 0.1) is 10.6 Å². The van der Waals surface area contributed by atoms with Crippen LogP contribution in [0.1, 0.15) is 29.8 Å². The first kappa shape index (κ1) is 20.9. The van der Waals surface area contributed by atoms with E-state index in [1.807, 2.05) is 44.2 Å². The Morgan fingerprint density at radius 3 is 2.44 bits per heavy atom. The number of nitrogens with zero attached hydrogens (tertiary/aromatic N) is 1. The predicted molar refractivity (Wildman–Crippen MR) is 110 cm³/mol. The Morgan fingerprint density at radius 2 is 1.81 bits per heavy atom. The van der Waals surface area contributed by atoms with Gasteiger partial charge in [-0.3, -0.25) is 9.59 Å². The largest absolute Gasteiger partial charge is 0.337 e. The summed E-state index contributed by atoms with van der Waals surface area (Å²) in [5.74, 6) is -0.458. The van der Waals surface area contributed by atoms with Crippen molar-refractivity contribution >= 4 is 29.1 Å². The number of anilines is 1. The molecule has 0 saturated heterocycles. The van der Waals surface area contributed by atoms with Crippen LogP contribution in [0, 0.1) is 5.92 Å². The molecule has 0 aliphatic carbocycles. The van der Waals surface area contributed by atoms with Gasteiger partial charge in [-0.25, -0.2) is 0 Å². The molecular formula is C21H26ClN3O2. The zero-order valence-electron chi connectivity index (χ0n) is 15.7. The number of nitrogens with two attached hydrogens (primary N) is 1. The molecule has 5 nitrogen and oxygen atoms in total. The minimum absolute atomic E-state index is 0.112. The summed E-state index contributed by atoms with van der Waals surface area (Å²) in [4.78, 5) is 26.6. The van der Waals surface area contributed by atoms with Crippen LogP contribution in [-0.4, -0.2) is 36.3 Å². The van der Waals surface area contributed by atoms with Gasteiger partial charge in [0.2, 0.25) is 5.91 Å². The quantitative estimate of drug-likeness (QED) is 0.726. The van der Waals surface area contributed by atoms with E-state index in [0.717, 1.165) is 12.0 Å². The number of carbonyl (C=O) groups excluding carboxylic acids is 2. The Balaban J connectivity index is 2.17. The molecule has 2 aromatic carbocycles. The molecule has 0 aliphatic rings. The minimum atomic E-state index is -0.193. The lowest BCUT2D eigenvalue weighted by atomic mass is 10.1. The molecule has 0 saturated carbocycles. The molecule has 0 aromatic heterocycles. The molecule has 0 spiro atoms. The van der Waals surface area contributed by atoms with Crippen LogP contribution in [0.3, 0.4) is 0 Å². The van der Waals surface area contributed by atoms with Crippen LogP contribution in [0.5, 0.6) is 0 Å². The highest BCUT2D eigenvalue weighted by Gasteiger charge is 2.19. The summed E-state index contributed by atoms with van der Waals surface area (Å²) in [6, 6.07) is 14.9. The monoisotopic (exact) mass is 387 g/mol. The lowest BCUT2D eigenvalue weighted by Crippen LogP contribution is -2.37. The molecule has 27 heavy (non-hydrogen) atoms. The molecule has 2 amide bonds. The Bertz CT molecular complexity index is 778. The van der Waals surface area contributed by atoms with Crippen LogP contribution in [0.4, 0.5) is 5.69 Å². The number of hydrogen-bond acceptors (Lipinski definition) is 3. The van der Waals surface area contributed by atoms with Gasteiger partial charge < -0.3 is 16.0 Å². The average molecular weight is 388 g/mol. The maximum atomic E-state index is 13.0. The number of benzene rings is 2. The standard InChI is InChI=1S/C21H26ClN3O2/c1-15(2)20(26)24-17-8-9-19(22)18(14-17)21(27)25(13-11-23)12-10-16-6-4-3-5-7-16/h3-9,14-15H,10-13,23H2,1-2H3,(H,24,26). The summed E-state index contributed by atoms with van der Waals surface area (Å²) < 4.78 is 0. The first-order valence-electron chi connectivity index (χ1n) is 9.06. The number of rotatable bonds is 8. The van der Waals surface area contributed by atoms with Crippen LogP contribution >= 0.6 is 11.6 Å².